The molecule has 1 heterocycles. The first-order chi connectivity index (χ1) is 8.43. The van der Waals surface area contributed by atoms with Crippen molar-refractivity contribution in [1.82, 2.24) is 9.90 Å². The number of aromatic nitrogens is 1. The summed E-state index contributed by atoms with van der Waals surface area (Å²) in [5.74, 6) is 0. The third kappa shape index (κ3) is 2.08. The molecule has 0 unspecified atom stereocenters. The molecule has 2 aromatic rings. The van der Waals surface area contributed by atoms with E-state index in [1.54, 1.807) is 25.1 Å². The van der Waals surface area contributed by atoms with E-state index in [-0.39, 0.29) is 11.2 Å². The largest absolute Gasteiger partial charge is 0.433 e. The lowest BCUT2D eigenvalue weighted by atomic mass is 10.1. The van der Waals surface area contributed by atoms with Crippen LogP contribution in [0.2, 0.25) is 0 Å². The summed E-state index contributed by atoms with van der Waals surface area (Å²) < 4.78 is 38.1. The number of pyridine rings is 1. The van der Waals surface area contributed by atoms with Gasteiger partial charge < -0.3 is 0 Å². The number of fused-ring (bicyclic) bond motifs is 1. The van der Waals surface area contributed by atoms with Gasteiger partial charge in [0.2, 0.25) is 4.91 Å². The highest BCUT2D eigenvalue weighted by molar-refractivity contribution is 5.91. The van der Waals surface area contributed by atoms with E-state index in [4.69, 9.17) is 5.53 Å². The van der Waals surface area contributed by atoms with Gasteiger partial charge in [-0.15, -0.1) is 0 Å². The van der Waals surface area contributed by atoms with Crippen molar-refractivity contribution in [2.45, 2.75) is 13.1 Å². The van der Waals surface area contributed by atoms with Gasteiger partial charge in [0.25, 0.3) is 0 Å². The number of halogens is 3. The number of para-hydroxylation sites is 1. The molecule has 2 rings (SSSR count). The lowest BCUT2D eigenvalue weighted by molar-refractivity contribution is -0.140. The Bertz CT molecular complexity index is 657. The Balaban J connectivity index is 2.88. The van der Waals surface area contributed by atoms with E-state index < -0.39 is 11.9 Å². The second-order valence-corrected chi connectivity index (χ2v) is 3.70. The van der Waals surface area contributed by atoms with Gasteiger partial charge in [-0.3, -0.25) is 0 Å². The van der Waals surface area contributed by atoms with Crippen LogP contribution in [0.15, 0.2) is 29.4 Å². The van der Waals surface area contributed by atoms with E-state index in [2.05, 4.69) is 15.0 Å². The summed E-state index contributed by atoms with van der Waals surface area (Å²) in [7, 11) is 0. The number of aryl methyl sites for hydroxylation is 1. The molecule has 0 aliphatic carbocycles. The highest BCUT2D eigenvalue weighted by Gasteiger charge is 2.34. The summed E-state index contributed by atoms with van der Waals surface area (Å²) in [6, 6.07) is 5.74. The van der Waals surface area contributed by atoms with Crippen molar-refractivity contribution in [2.24, 2.45) is 5.11 Å². The van der Waals surface area contributed by atoms with Crippen LogP contribution in [0.4, 0.5) is 18.9 Å². The Kier molecular flexibility index (Phi) is 2.84. The quantitative estimate of drug-likeness (QED) is 0.610. The zero-order chi connectivity index (χ0) is 13.3. The molecule has 0 saturated heterocycles. The zero-order valence-corrected chi connectivity index (χ0v) is 9.28. The molecule has 4 nitrogen and oxygen atoms in total. The lowest BCUT2D eigenvalue weighted by Crippen LogP contribution is -2.08. The van der Waals surface area contributed by atoms with Crippen LogP contribution in [0.1, 0.15) is 11.3 Å². The van der Waals surface area contributed by atoms with E-state index in [9.17, 15) is 13.2 Å². The van der Waals surface area contributed by atoms with Crippen molar-refractivity contribution in [1.29, 1.82) is 5.53 Å². The minimum Gasteiger partial charge on any atom is -0.243 e. The van der Waals surface area contributed by atoms with Crippen LogP contribution in [-0.2, 0) is 6.18 Å². The molecule has 0 atom stereocenters. The van der Waals surface area contributed by atoms with Gasteiger partial charge in [-0.25, -0.2) is 4.98 Å². The van der Waals surface area contributed by atoms with Crippen molar-refractivity contribution < 1.29 is 13.2 Å². The lowest BCUT2D eigenvalue weighted by Gasteiger charge is -2.08. The second kappa shape index (κ2) is 4.19. The number of rotatable bonds is 1. The zero-order valence-electron chi connectivity index (χ0n) is 9.28. The van der Waals surface area contributed by atoms with Crippen molar-refractivity contribution >= 4 is 16.6 Å². The van der Waals surface area contributed by atoms with Crippen molar-refractivity contribution in [2.75, 3.05) is 0 Å². The van der Waals surface area contributed by atoms with Crippen LogP contribution in [0.25, 0.3) is 10.9 Å². The monoisotopic (exact) mass is 253 g/mol. The Morgan fingerprint density at radius 1 is 1.33 bits per heavy atom. The summed E-state index contributed by atoms with van der Waals surface area (Å²) in [5.41, 5.74) is 6.44. The first-order valence-electron chi connectivity index (χ1n) is 4.98. The molecule has 1 N–H and O–H groups in total. The van der Waals surface area contributed by atoms with Crippen LogP contribution < -0.4 is 4.91 Å². The average molecular weight is 253 g/mol. The Hall–Kier alpha value is -2.27. The van der Waals surface area contributed by atoms with Gasteiger partial charge in [-0.05, 0) is 12.5 Å². The number of nitrogens with zero attached hydrogens (tertiary/aromatic N) is 3. The van der Waals surface area contributed by atoms with E-state index in [0.717, 1.165) is 6.07 Å². The molecule has 0 spiro atoms. The molecule has 92 valence electrons. The minimum absolute atomic E-state index is 0.00831. The van der Waals surface area contributed by atoms with Crippen LogP contribution >= 0.6 is 0 Å². The molecular weight excluding hydrogens is 245 g/mol. The van der Waals surface area contributed by atoms with Gasteiger partial charge in [0.15, 0.2) is 10.8 Å². The Morgan fingerprint density at radius 2 is 2.06 bits per heavy atom. The van der Waals surface area contributed by atoms with Crippen LogP contribution in [0.3, 0.4) is 0 Å². The van der Waals surface area contributed by atoms with Gasteiger partial charge in [0.1, 0.15) is 11.2 Å². The fourth-order valence-electron chi connectivity index (χ4n) is 1.66. The number of benzene rings is 1. The maximum Gasteiger partial charge on any atom is 0.433 e. The molecule has 0 radical (unpaired) electrons. The molecule has 0 saturated carbocycles. The molecule has 0 aliphatic rings. The fourth-order valence-corrected chi connectivity index (χ4v) is 1.66. The van der Waals surface area contributed by atoms with Crippen LogP contribution in [0, 0.1) is 12.5 Å². The first kappa shape index (κ1) is 12.2. The van der Waals surface area contributed by atoms with Gasteiger partial charge in [-0.2, -0.15) is 13.2 Å². The van der Waals surface area contributed by atoms with Crippen molar-refractivity contribution in [3.8, 4) is 0 Å². The van der Waals surface area contributed by atoms with E-state index in [0.29, 0.717) is 10.9 Å². The van der Waals surface area contributed by atoms with Crippen molar-refractivity contribution in [3.05, 3.63) is 35.5 Å². The molecule has 1 aromatic carbocycles. The molecular formula is C11H8F3N4+. The van der Waals surface area contributed by atoms with Gasteiger partial charge in [0.05, 0.1) is 5.52 Å². The second-order valence-electron chi connectivity index (χ2n) is 3.70. The highest BCUT2D eigenvalue weighted by atomic mass is 19.4. The predicted octanol–water partition coefficient (Wildman–Crippen LogP) is 3.74. The summed E-state index contributed by atoms with van der Waals surface area (Å²) in [6.07, 6.45) is -4.55. The smallest absolute Gasteiger partial charge is 0.243 e. The molecule has 0 aliphatic heterocycles. The molecule has 0 amide bonds. The number of hydrogen-bond donors (Lipinski definition) is 1. The average Bonchev–Trinajstić information content (AvgIpc) is 2.29. The highest BCUT2D eigenvalue weighted by Crippen LogP contribution is 2.34. The molecule has 7 heteroatoms. The number of nitrogens with one attached hydrogen (secondary N) is 1. The molecule has 18 heavy (non-hydrogen) atoms. The third-order valence-corrected chi connectivity index (χ3v) is 2.47. The Morgan fingerprint density at radius 3 is 2.67 bits per heavy atom. The third-order valence-electron chi connectivity index (χ3n) is 2.47. The number of alkyl halides is 3. The molecule has 0 bridgehead atoms. The number of hydrogen-bond acceptors (Lipinski definition) is 3. The van der Waals surface area contributed by atoms with Crippen LogP contribution in [-0.4, -0.2) is 4.98 Å². The van der Waals surface area contributed by atoms with Gasteiger partial charge in [0, 0.05) is 11.5 Å². The predicted molar refractivity (Wildman–Crippen MR) is 58.4 cm³/mol. The van der Waals surface area contributed by atoms with E-state index in [1.165, 1.54) is 0 Å². The normalized spacial score (nSPS) is 11.3. The maximum absolute atomic E-state index is 12.7. The topological polar surface area (TPSA) is 63.2 Å². The molecule has 0 fully saturated rings. The van der Waals surface area contributed by atoms with E-state index >= 15 is 0 Å². The summed E-state index contributed by atoms with van der Waals surface area (Å²) in [5, 5.41) is 3.85. The van der Waals surface area contributed by atoms with Crippen molar-refractivity contribution in [3.63, 3.8) is 0 Å². The summed E-state index contributed by atoms with van der Waals surface area (Å²) in [6.45, 7) is 1.66. The van der Waals surface area contributed by atoms with Crippen LogP contribution in [0.5, 0.6) is 0 Å². The minimum atomic E-state index is -4.55. The summed E-state index contributed by atoms with van der Waals surface area (Å²) >= 11 is 0. The maximum atomic E-state index is 12.7. The summed E-state index contributed by atoms with van der Waals surface area (Å²) in [4.78, 5) is 6.39. The van der Waals surface area contributed by atoms with Gasteiger partial charge in [-0.1, -0.05) is 18.2 Å². The standard InChI is InChI=1S/C11H8F3N4/c1-6-3-2-4-7-8(17-18-15)5-9(11(12,13)14)16-10(6)7/h2-5,15H,1H3/q+1. The SMILES string of the molecule is Cc1cccc2c(N=[N+]=N)cc(C(F)(F)F)nc12. The Labute approximate surface area is 99.7 Å². The molecule has 1 aromatic heterocycles. The fraction of sp³-hybridized carbons (Fsp3) is 0.182. The van der Waals surface area contributed by atoms with E-state index in [1.807, 2.05) is 0 Å². The van der Waals surface area contributed by atoms with Gasteiger partial charge >= 0.3 is 6.18 Å². The first-order valence-corrected chi connectivity index (χ1v) is 4.98.